The van der Waals surface area contributed by atoms with Crippen LogP contribution < -0.4 is 10.1 Å². The molecule has 0 saturated carbocycles. The first-order valence-corrected chi connectivity index (χ1v) is 7.97. The van der Waals surface area contributed by atoms with E-state index >= 15 is 0 Å². The molecule has 0 fully saturated rings. The van der Waals surface area contributed by atoms with E-state index in [0.29, 0.717) is 25.5 Å². The summed E-state index contributed by atoms with van der Waals surface area (Å²) in [5.41, 5.74) is 1.36. The highest BCUT2D eigenvalue weighted by Gasteiger charge is 2.16. The quantitative estimate of drug-likeness (QED) is 0.750. The van der Waals surface area contributed by atoms with Crippen LogP contribution in [0.2, 0.25) is 0 Å². The van der Waals surface area contributed by atoms with Crippen LogP contribution in [-0.4, -0.2) is 31.8 Å². The van der Waals surface area contributed by atoms with Crippen molar-refractivity contribution in [2.75, 3.05) is 19.8 Å². The molecule has 1 aromatic carbocycles. The molecule has 22 heavy (non-hydrogen) atoms. The second-order valence-corrected chi connectivity index (χ2v) is 6.38. The van der Waals surface area contributed by atoms with Gasteiger partial charge < -0.3 is 14.8 Å². The Morgan fingerprint density at radius 3 is 2.41 bits per heavy atom. The maximum atomic E-state index is 11.9. The largest absolute Gasteiger partial charge is 0.481 e. The topological polar surface area (TPSA) is 47.6 Å². The van der Waals surface area contributed by atoms with E-state index < -0.39 is 6.10 Å². The lowest BCUT2D eigenvalue weighted by atomic mass is 9.87. The highest BCUT2D eigenvalue weighted by atomic mass is 16.5. The minimum atomic E-state index is -0.507. The van der Waals surface area contributed by atoms with Crippen molar-refractivity contribution >= 4 is 5.91 Å². The summed E-state index contributed by atoms with van der Waals surface area (Å²) < 4.78 is 10.9. The molecule has 0 aliphatic rings. The van der Waals surface area contributed by atoms with Crippen molar-refractivity contribution in [3.63, 3.8) is 0 Å². The Kier molecular flexibility index (Phi) is 7.39. The zero-order valence-corrected chi connectivity index (χ0v) is 14.4. The Labute approximate surface area is 134 Å². The van der Waals surface area contributed by atoms with Crippen LogP contribution in [0, 0.1) is 0 Å². The van der Waals surface area contributed by atoms with E-state index in [1.165, 1.54) is 5.56 Å². The summed E-state index contributed by atoms with van der Waals surface area (Å²) in [6.45, 7) is 12.2. The predicted octanol–water partition coefficient (Wildman–Crippen LogP) is 3.29. The van der Waals surface area contributed by atoms with Gasteiger partial charge in [-0.2, -0.15) is 0 Å². The highest BCUT2D eigenvalue weighted by molar-refractivity contribution is 5.80. The lowest BCUT2D eigenvalue weighted by Crippen LogP contribution is -2.37. The van der Waals surface area contributed by atoms with Gasteiger partial charge in [-0.05, 0) is 43.4 Å². The normalized spacial score (nSPS) is 12.8. The molecular weight excluding hydrogens is 278 g/mol. The van der Waals surface area contributed by atoms with Gasteiger partial charge in [-0.1, -0.05) is 32.9 Å². The molecule has 1 rings (SSSR count). The fourth-order valence-corrected chi connectivity index (χ4v) is 1.97. The second-order valence-electron chi connectivity index (χ2n) is 6.38. The molecule has 0 radical (unpaired) electrons. The maximum Gasteiger partial charge on any atom is 0.260 e. The second kappa shape index (κ2) is 8.79. The van der Waals surface area contributed by atoms with Gasteiger partial charge in [-0.15, -0.1) is 0 Å². The molecular formula is C18H29NO3. The molecule has 1 aromatic rings. The van der Waals surface area contributed by atoms with Crippen molar-refractivity contribution in [3.05, 3.63) is 29.8 Å². The Balaban J connectivity index is 2.40. The summed E-state index contributed by atoms with van der Waals surface area (Å²) >= 11 is 0. The predicted molar refractivity (Wildman–Crippen MR) is 89.4 cm³/mol. The van der Waals surface area contributed by atoms with E-state index in [-0.39, 0.29) is 11.3 Å². The van der Waals surface area contributed by atoms with E-state index in [2.05, 4.69) is 26.1 Å². The number of carbonyl (C=O) groups excluding carboxylic acids is 1. The van der Waals surface area contributed by atoms with Crippen LogP contribution in [0.3, 0.4) is 0 Å². The number of nitrogens with one attached hydrogen (secondary N) is 1. The Morgan fingerprint density at radius 1 is 1.23 bits per heavy atom. The van der Waals surface area contributed by atoms with Gasteiger partial charge in [0.1, 0.15) is 5.75 Å². The van der Waals surface area contributed by atoms with E-state index in [9.17, 15) is 4.79 Å². The number of carbonyl (C=O) groups is 1. The highest BCUT2D eigenvalue weighted by Crippen LogP contribution is 2.24. The third-order valence-corrected chi connectivity index (χ3v) is 3.37. The van der Waals surface area contributed by atoms with Crippen molar-refractivity contribution in [2.24, 2.45) is 0 Å². The average molecular weight is 307 g/mol. The van der Waals surface area contributed by atoms with Crippen LogP contribution in [-0.2, 0) is 14.9 Å². The van der Waals surface area contributed by atoms with Gasteiger partial charge >= 0.3 is 0 Å². The van der Waals surface area contributed by atoms with Crippen LogP contribution in [0.25, 0.3) is 0 Å². The maximum absolute atomic E-state index is 11.9. The number of rotatable bonds is 8. The molecule has 0 unspecified atom stereocenters. The summed E-state index contributed by atoms with van der Waals surface area (Å²) in [6.07, 6.45) is 0.305. The lowest BCUT2D eigenvalue weighted by molar-refractivity contribution is -0.127. The van der Waals surface area contributed by atoms with Gasteiger partial charge in [0.15, 0.2) is 6.10 Å². The number of ether oxygens (including phenoxy) is 2. The Bertz CT molecular complexity index is 448. The molecule has 0 aromatic heterocycles. The van der Waals surface area contributed by atoms with Gasteiger partial charge in [0, 0.05) is 19.8 Å². The first-order valence-electron chi connectivity index (χ1n) is 7.97. The van der Waals surface area contributed by atoms with Crippen molar-refractivity contribution in [1.29, 1.82) is 0 Å². The summed E-state index contributed by atoms with van der Waals surface area (Å²) in [5, 5.41) is 2.85. The monoisotopic (exact) mass is 307 g/mol. The third-order valence-electron chi connectivity index (χ3n) is 3.37. The summed E-state index contributed by atoms with van der Waals surface area (Å²) in [7, 11) is 0. The third kappa shape index (κ3) is 6.48. The summed E-state index contributed by atoms with van der Waals surface area (Å²) in [4.78, 5) is 11.9. The first kappa shape index (κ1) is 18.5. The zero-order valence-electron chi connectivity index (χ0n) is 14.4. The standard InChI is InChI=1S/C18H29NO3/c1-6-21-13-7-12-19-17(20)14(2)22-16-10-8-15(9-11-16)18(3,4)5/h8-11,14H,6-7,12-13H2,1-5H3,(H,19,20)/t14-/m0/s1. The minimum Gasteiger partial charge on any atom is -0.481 e. The first-order chi connectivity index (χ1) is 10.3. The average Bonchev–Trinajstić information content (AvgIpc) is 2.46. The number of benzene rings is 1. The van der Waals surface area contributed by atoms with E-state index in [1.54, 1.807) is 6.92 Å². The molecule has 1 atom stereocenters. The van der Waals surface area contributed by atoms with Crippen molar-refractivity contribution in [2.45, 2.75) is 52.6 Å². The molecule has 124 valence electrons. The Morgan fingerprint density at radius 2 is 1.86 bits per heavy atom. The molecule has 0 bridgehead atoms. The van der Waals surface area contributed by atoms with Crippen LogP contribution >= 0.6 is 0 Å². The van der Waals surface area contributed by atoms with Crippen LogP contribution in [0.4, 0.5) is 0 Å². The summed E-state index contributed by atoms with van der Waals surface area (Å²) in [6, 6.07) is 7.92. The van der Waals surface area contributed by atoms with Crippen LogP contribution in [0.1, 0.15) is 46.6 Å². The molecule has 0 saturated heterocycles. The minimum absolute atomic E-state index is 0.101. The molecule has 0 aliphatic heterocycles. The molecule has 1 N–H and O–H groups in total. The molecule has 1 amide bonds. The van der Waals surface area contributed by atoms with Gasteiger partial charge in [-0.25, -0.2) is 0 Å². The molecule has 4 heteroatoms. The molecule has 4 nitrogen and oxygen atoms in total. The van der Waals surface area contributed by atoms with Crippen LogP contribution in [0.5, 0.6) is 5.75 Å². The SMILES string of the molecule is CCOCCCNC(=O)[C@H](C)Oc1ccc(C(C)(C)C)cc1. The fourth-order valence-electron chi connectivity index (χ4n) is 1.97. The van der Waals surface area contributed by atoms with Gasteiger partial charge in [0.2, 0.25) is 0 Å². The summed E-state index contributed by atoms with van der Waals surface area (Å²) in [5.74, 6) is 0.612. The van der Waals surface area contributed by atoms with Crippen molar-refractivity contribution < 1.29 is 14.3 Å². The van der Waals surface area contributed by atoms with Gasteiger partial charge in [-0.3, -0.25) is 4.79 Å². The number of amides is 1. The van der Waals surface area contributed by atoms with Crippen molar-refractivity contribution in [3.8, 4) is 5.75 Å². The number of hydrogen-bond donors (Lipinski definition) is 1. The lowest BCUT2D eigenvalue weighted by Gasteiger charge is -2.20. The fraction of sp³-hybridized carbons (Fsp3) is 0.611. The van der Waals surface area contributed by atoms with Gasteiger partial charge in [0.05, 0.1) is 0 Å². The Hall–Kier alpha value is -1.55. The molecule has 0 heterocycles. The number of hydrogen-bond acceptors (Lipinski definition) is 3. The van der Waals surface area contributed by atoms with E-state index in [1.807, 2.05) is 31.2 Å². The van der Waals surface area contributed by atoms with Crippen molar-refractivity contribution in [1.82, 2.24) is 5.32 Å². The van der Waals surface area contributed by atoms with Crippen LogP contribution in [0.15, 0.2) is 24.3 Å². The van der Waals surface area contributed by atoms with E-state index in [0.717, 1.165) is 6.42 Å². The molecule has 0 aliphatic carbocycles. The smallest absolute Gasteiger partial charge is 0.260 e. The molecule has 0 spiro atoms. The zero-order chi connectivity index (χ0) is 16.6. The van der Waals surface area contributed by atoms with Gasteiger partial charge in [0.25, 0.3) is 5.91 Å². The van der Waals surface area contributed by atoms with E-state index in [4.69, 9.17) is 9.47 Å².